The fourth-order valence-electron chi connectivity index (χ4n) is 2.38. The van der Waals surface area contributed by atoms with E-state index in [0.717, 1.165) is 22.2 Å². The van der Waals surface area contributed by atoms with Crippen molar-refractivity contribution in [1.82, 2.24) is 14.8 Å². The molecule has 2 heterocycles. The smallest absolute Gasteiger partial charge is 0.338 e. The van der Waals surface area contributed by atoms with Gasteiger partial charge in [-0.3, -0.25) is 9.67 Å². The van der Waals surface area contributed by atoms with E-state index >= 15 is 0 Å². The Balaban J connectivity index is 1.82. The van der Waals surface area contributed by atoms with Gasteiger partial charge in [0, 0.05) is 23.5 Å². The van der Waals surface area contributed by atoms with Crippen molar-refractivity contribution < 1.29 is 9.53 Å². The first kappa shape index (κ1) is 14.3. The number of esters is 1. The van der Waals surface area contributed by atoms with Gasteiger partial charge >= 0.3 is 5.97 Å². The van der Waals surface area contributed by atoms with Gasteiger partial charge < -0.3 is 4.74 Å². The van der Waals surface area contributed by atoms with Crippen LogP contribution in [0.15, 0.2) is 42.7 Å². The number of ether oxygens (including phenoxy) is 1. The second-order valence-electron chi connectivity index (χ2n) is 5.24. The number of nitrogens with zero attached hydrogens (tertiary/aromatic N) is 3. The summed E-state index contributed by atoms with van der Waals surface area (Å²) in [7, 11) is 0. The van der Waals surface area contributed by atoms with Gasteiger partial charge in [-0.15, -0.1) is 0 Å². The lowest BCUT2D eigenvalue weighted by molar-refractivity contribution is 0.0490. The molecule has 0 saturated heterocycles. The number of aromatic nitrogens is 3. The van der Waals surface area contributed by atoms with Gasteiger partial charge in [0.2, 0.25) is 0 Å². The van der Waals surface area contributed by atoms with E-state index in [9.17, 15) is 4.79 Å². The number of carbonyl (C=O) groups excluding carboxylic acids is 1. The first-order valence-electron chi connectivity index (χ1n) is 7.16. The summed E-state index contributed by atoms with van der Waals surface area (Å²) in [6.45, 7) is 4.70. The molecule has 0 atom stereocenters. The average molecular weight is 295 g/mol. The van der Waals surface area contributed by atoms with Crippen LogP contribution in [-0.4, -0.2) is 27.3 Å². The van der Waals surface area contributed by atoms with Gasteiger partial charge in [0.05, 0.1) is 17.6 Å². The van der Waals surface area contributed by atoms with E-state index in [-0.39, 0.29) is 12.6 Å². The van der Waals surface area contributed by atoms with E-state index in [1.165, 1.54) is 0 Å². The summed E-state index contributed by atoms with van der Waals surface area (Å²) < 4.78 is 7.11. The number of rotatable bonds is 4. The monoisotopic (exact) mass is 295 g/mol. The summed E-state index contributed by atoms with van der Waals surface area (Å²) in [4.78, 5) is 16.8. The van der Waals surface area contributed by atoms with Crippen molar-refractivity contribution in [3.8, 4) is 0 Å². The van der Waals surface area contributed by atoms with Crippen LogP contribution in [0.1, 0.15) is 21.6 Å². The molecule has 3 aromatic rings. The van der Waals surface area contributed by atoms with Crippen molar-refractivity contribution in [3.63, 3.8) is 0 Å². The zero-order valence-corrected chi connectivity index (χ0v) is 12.6. The predicted molar refractivity (Wildman–Crippen MR) is 83.7 cm³/mol. The lowest BCUT2D eigenvalue weighted by Crippen LogP contribution is -2.12. The summed E-state index contributed by atoms with van der Waals surface area (Å²) in [5.41, 5.74) is 3.26. The molecule has 0 fully saturated rings. The van der Waals surface area contributed by atoms with E-state index in [1.807, 2.05) is 44.3 Å². The summed E-state index contributed by atoms with van der Waals surface area (Å²) in [5.74, 6) is -0.326. The summed E-state index contributed by atoms with van der Waals surface area (Å²) in [5, 5.41) is 4.91. The zero-order chi connectivity index (χ0) is 15.5. The highest BCUT2D eigenvalue weighted by molar-refractivity contribution is 6.03. The van der Waals surface area contributed by atoms with Crippen LogP contribution in [0.3, 0.4) is 0 Å². The third kappa shape index (κ3) is 2.98. The molecule has 112 valence electrons. The molecule has 0 aliphatic rings. The molecule has 0 amide bonds. The molecule has 5 heteroatoms. The Kier molecular flexibility index (Phi) is 3.87. The van der Waals surface area contributed by atoms with Crippen molar-refractivity contribution in [2.24, 2.45) is 0 Å². The third-order valence-electron chi connectivity index (χ3n) is 3.42. The minimum atomic E-state index is -0.326. The van der Waals surface area contributed by atoms with Gasteiger partial charge in [0.1, 0.15) is 6.61 Å². The van der Waals surface area contributed by atoms with E-state index < -0.39 is 0 Å². The Morgan fingerprint density at radius 2 is 2.14 bits per heavy atom. The molecule has 0 bridgehead atoms. The molecule has 0 radical (unpaired) electrons. The highest BCUT2D eigenvalue weighted by Gasteiger charge is 2.13. The molecule has 0 saturated carbocycles. The molecule has 0 aliphatic carbocycles. The highest BCUT2D eigenvalue weighted by Crippen LogP contribution is 2.20. The SMILES string of the molecule is Cc1ccc2nc(C)cc(C(=O)OCCn3cccn3)c2c1. The van der Waals surface area contributed by atoms with Crippen LogP contribution >= 0.6 is 0 Å². The van der Waals surface area contributed by atoms with Crippen molar-refractivity contribution in [2.45, 2.75) is 20.4 Å². The quantitative estimate of drug-likeness (QED) is 0.694. The van der Waals surface area contributed by atoms with Gasteiger partial charge in [-0.2, -0.15) is 5.10 Å². The number of aryl methyl sites for hydroxylation is 2. The largest absolute Gasteiger partial charge is 0.460 e. The first-order valence-corrected chi connectivity index (χ1v) is 7.16. The van der Waals surface area contributed by atoms with Crippen LogP contribution in [0.25, 0.3) is 10.9 Å². The molecule has 0 N–H and O–H groups in total. The molecule has 2 aromatic heterocycles. The highest BCUT2D eigenvalue weighted by atomic mass is 16.5. The fraction of sp³-hybridized carbons (Fsp3) is 0.235. The number of benzene rings is 1. The summed E-state index contributed by atoms with van der Waals surface area (Å²) in [6, 6.07) is 9.49. The lowest BCUT2D eigenvalue weighted by Gasteiger charge is -2.09. The standard InChI is InChI=1S/C17H17N3O2/c1-12-4-5-16-14(10-12)15(11-13(2)19-16)17(21)22-9-8-20-7-3-6-18-20/h3-7,10-11H,8-9H2,1-2H3. The molecule has 22 heavy (non-hydrogen) atoms. The Hall–Kier alpha value is -2.69. The molecular formula is C17H17N3O2. The van der Waals surface area contributed by atoms with Crippen LogP contribution in [0.4, 0.5) is 0 Å². The Bertz CT molecular complexity index is 810. The van der Waals surface area contributed by atoms with Gasteiger partial charge in [-0.05, 0) is 38.1 Å². The predicted octanol–water partition coefficient (Wildman–Crippen LogP) is 2.91. The number of carbonyl (C=O) groups is 1. The molecule has 5 nitrogen and oxygen atoms in total. The van der Waals surface area contributed by atoms with Gasteiger partial charge in [0.15, 0.2) is 0 Å². The molecule has 0 unspecified atom stereocenters. The molecular weight excluding hydrogens is 278 g/mol. The third-order valence-corrected chi connectivity index (χ3v) is 3.42. The van der Waals surface area contributed by atoms with Crippen molar-refractivity contribution >= 4 is 16.9 Å². The maximum absolute atomic E-state index is 12.4. The molecule has 3 rings (SSSR count). The summed E-state index contributed by atoms with van der Waals surface area (Å²) >= 11 is 0. The first-order chi connectivity index (χ1) is 10.6. The van der Waals surface area contributed by atoms with E-state index in [2.05, 4.69) is 10.1 Å². The van der Waals surface area contributed by atoms with Crippen molar-refractivity contribution in [1.29, 1.82) is 0 Å². The normalized spacial score (nSPS) is 10.8. The van der Waals surface area contributed by atoms with Crippen LogP contribution in [0.5, 0.6) is 0 Å². The average Bonchev–Trinajstić information content (AvgIpc) is 3.00. The number of fused-ring (bicyclic) bond motifs is 1. The second kappa shape index (κ2) is 5.97. The number of hydrogen-bond donors (Lipinski definition) is 0. The van der Waals surface area contributed by atoms with Crippen LogP contribution in [-0.2, 0) is 11.3 Å². The Labute approximate surface area is 128 Å². The zero-order valence-electron chi connectivity index (χ0n) is 12.6. The van der Waals surface area contributed by atoms with Crippen molar-refractivity contribution in [2.75, 3.05) is 6.61 Å². The van der Waals surface area contributed by atoms with Crippen molar-refractivity contribution in [3.05, 3.63) is 59.5 Å². The molecule has 1 aromatic carbocycles. The maximum atomic E-state index is 12.4. The van der Waals surface area contributed by atoms with E-state index in [0.29, 0.717) is 12.1 Å². The minimum Gasteiger partial charge on any atom is -0.460 e. The fourth-order valence-corrected chi connectivity index (χ4v) is 2.38. The lowest BCUT2D eigenvalue weighted by atomic mass is 10.1. The van der Waals surface area contributed by atoms with Crippen LogP contribution in [0.2, 0.25) is 0 Å². The second-order valence-corrected chi connectivity index (χ2v) is 5.24. The van der Waals surface area contributed by atoms with Gasteiger partial charge in [0.25, 0.3) is 0 Å². The Morgan fingerprint density at radius 1 is 1.27 bits per heavy atom. The number of hydrogen-bond acceptors (Lipinski definition) is 4. The molecule has 0 aliphatic heterocycles. The maximum Gasteiger partial charge on any atom is 0.338 e. The van der Waals surface area contributed by atoms with Gasteiger partial charge in [-0.1, -0.05) is 11.6 Å². The summed E-state index contributed by atoms with van der Waals surface area (Å²) in [6.07, 6.45) is 3.54. The van der Waals surface area contributed by atoms with E-state index in [4.69, 9.17) is 4.74 Å². The number of pyridine rings is 1. The molecule has 0 spiro atoms. The Morgan fingerprint density at radius 3 is 2.91 bits per heavy atom. The van der Waals surface area contributed by atoms with Crippen LogP contribution in [0, 0.1) is 13.8 Å². The van der Waals surface area contributed by atoms with Crippen LogP contribution < -0.4 is 0 Å². The minimum absolute atomic E-state index is 0.287. The van der Waals surface area contributed by atoms with E-state index in [1.54, 1.807) is 16.9 Å². The topological polar surface area (TPSA) is 57.0 Å². The van der Waals surface area contributed by atoms with Gasteiger partial charge in [-0.25, -0.2) is 4.79 Å².